The number of hydrogen-bond donors (Lipinski definition) is 0. The third kappa shape index (κ3) is 4.48. The van der Waals surface area contributed by atoms with Crippen LogP contribution in [0, 0.1) is 17.7 Å². The summed E-state index contributed by atoms with van der Waals surface area (Å²) in [6.45, 7) is 2.15. The van der Waals surface area contributed by atoms with Crippen molar-refractivity contribution < 1.29 is 4.39 Å². The van der Waals surface area contributed by atoms with Crippen molar-refractivity contribution in [1.29, 1.82) is 0 Å². The molecule has 0 aliphatic carbocycles. The number of unbranched alkanes of at least 4 members (excludes halogenated alkanes) is 3. The zero-order chi connectivity index (χ0) is 11.1. The van der Waals surface area contributed by atoms with Gasteiger partial charge in [0.1, 0.15) is 5.82 Å². The maximum absolute atomic E-state index is 13.3. The number of hydrogen-bond acceptors (Lipinski definition) is 0. The predicted molar refractivity (Wildman–Crippen MR) is 65.1 cm³/mol. The summed E-state index contributed by atoms with van der Waals surface area (Å²) in [5.41, 5.74) is 0.481. The second kappa shape index (κ2) is 6.63. The van der Waals surface area contributed by atoms with Gasteiger partial charge in [0.05, 0.1) is 5.56 Å². The van der Waals surface area contributed by atoms with Gasteiger partial charge >= 0.3 is 0 Å². The van der Waals surface area contributed by atoms with E-state index in [1.54, 1.807) is 12.1 Å². The van der Waals surface area contributed by atoms with E-state index in [0.717, 1.165) is 17.3 Å². The van der Waals surface area contributed by atoms with Gasteiger partial charge in [0.25, 0.3) is 0 Å². The van der Waals surface area contributed by atoms with Gasteiger partial charge in [-0.3, -0.25) is 0 Å². The first-order valence-electron chi connectivity index (χ1n) is 5.18. The van der Waals surface area contributed by atoms with Gasteiger partial charge in [-0.05, 0) is 24.6 Å². The Morgan fingerprint density at radius 2 is 2.13 bits per heavy atom. The zero-order valence-electron chi connectivity index (χ0n) is 8.82. The van der Waals surface area contributed by atoms with E-state index in [9.17, 15) is 4.39 Å². The Morgan fingerprint density at radius 1 is 1.33 bits per heavy atom. The molecule has 15 heavy (non-hydrogen) atoms. The quantitative estimate of drug-likeness (QED) is 0.559. The van der Waals surface area contributed by atoms with Crippen LogP contribution in [0.3, 0.4) is 0 Å². The topological polar surface area (TPSA) is 0 Å². The Hall–Kier alpha value is -0.810. The Kier molecular flexibility index (Phi) is 5.42. The lowest BCUT2D eigenvalue weighted by molar-refractivity contribution is 0.623. The monoisotopic (exact) mass is 268 g/mol. The molecular weight excluding hydrogens is 255 g/mol. The molecule has 0 N–H and O–H groups in total. The van der Waals surface area contributed by atoms with Crippen LogP contribution in [0.1, 0.15) is 38.2 Å². The van der Waals surface area contributed by atoms with Crippen LogP contribution >= 0.6 is 15.9 Å². The Bertz CT molecular complexity index is 374. The zero-order valence-corrected chi connectivity index (χ0v) is 10.4. The van der Waals surface area contributed by atoms with E-state index < -0.39 is 0 Å². The van der Waals surface area contributed by atoms with E-state index in [4.69, 9.17) is 0 Å². The largest absolute Gasteiger partial charge is 0.206 e. The van der Waals surface area contributed by atoms with Crippen LogP contribution in [0.4, 0.5) is 4.39 Å². The molecule has 0 saturated heterocycles. The molecule has 1 aromatic rings. The molecule has 0 aliphatic rings. The molecule has 0 saturated carbocycles. The van der Waals surface area contributed by atoms with Gasteiger partial charge < -0.3 is 0 Å². The molecule has 0 amide bonds. The van der Waals surface area contributed by atoms with E-state index in [1.807, 2.05) is 0 Å². The SMILES string of the molecule is CCCCCC#Cc1ccc(Br)cc1F. The van der Waals surface area contributed by atoms with Crippen molar-refractivity contribution in [1.82, 2.24) is 0 Å². The molecule has 1 rings (SSSR count). The molecule has 0 aliphatic heterocycles. The minimum atomic E-state index is -0.257. The second-order valence-electron chi connectivity index (χ2n) is 3.38. The van der Waals surface area contributed by atoms with Gasteiger partial charge in [-0.1, -0.05) is 47.5 Å². The molecule has 0 aromatic heterocycles. The maximum Gasteiger partial charge on any atom is 0.139 e. The van der Waals surface area contributed by atoms with E-state index in [-0.39, 0.29) is 5.82 Å². The Balaban J connectivity index is 2.56. The van der Waals surface area contributed by atoms with E-state index in [0.29, 0.717) is 5.56 Å². The highest BCUT2D eigenvalue weighted by Crippen LogP contribution is 2.14. The van der Waals surface area contributed by atoms with Gasteiger partial charge in [0.15, 0.2) is 0 Å². The van der Waals surface area contributed by atoms with Crippen molar-refractivity contribution in [2.75, 3.05) is 0 Å². The van der Waals surface area contributed by atoms with E-state index in [2.05, 4.69) is 34.7 Å². The smallest absolute Gasteiger partial charge is 0.139 e. The minimum absolute atomic E-state index is 0.257. The number of benzene rings is 1. The van der Waals surface area contributed by atoms with Crippen LogP contribution in [0.5, 0.6) is 0 Å². The van der Waals surface area contributed by atoms with Crippen molar-refractivity contribution in [2.45, 2.75) is 32.6 Å². The molecule has 0 nitrogen and oxygen atoms in total. The summed E-state index contributed by atoms with van der Waals surface area (Å²) in [5.74, 6) is 5.59. The van der Waals surface area contributed by atoms with Crippen molar-refractivity contribution in [3.63, 3.8) is 0 Å². The van der Waals surface area contributed by atoms with Gasteiger partial charge in [-0.25, -0.2) is 4.39 Å². The average molecular weight is 269 g/mol. The van der Waals surface area contributed by atoms with Gasteiger partial charge in [-0.2, -0.15) is 0 Å². The fourth-order valence-corrected chi connectivity index (χ4v) is 1.55. The molecule has 80 valence electrons. The highest BCUT2D eigenvalue weighted by atomic mass is 79.9. The van der Waals surface area contributed by atoms with E-state index >= 15 is 0 Å². The van der Waals surface area contributed by atoms with E-state index in [1.165, 1.54) is 18.9 Å². The summed E-state index contributed by atoms with van der Waals surface area (Å²) in [4.78, 5) is 0. The highest BCUT2D eigenvalue weighted by molar-refractivity contribution is 9.10. The predicted octanol–water partition coefficient (Wildman–Crippen LogP) is 4.52. The summed E-state index contributed by atoms with van der Waals surface area (Å²) in [7, 11) is 0. The average Bonchev–Trinajstić information content (AvgIpc) is 2.20. The fraction of sp³-hybridized carbons (Fsp3) is 0.385. The molecule has 0 spiro atoms. The Labute approximate surface area is 99.0 Å². The molecule has 0 atom stereocenters. The van der Waals surface area contributed by atoms with Gasteiger partial charge in [-0.15, -0.1) is 0 Å². The molecule has 1 aromatic carbocycles. The summed E-state index contributed by atoms with van der Waals surface area (Å²) < 4.78 is 14.0. The lowest BCUT2D eigenvalue weighted by Crippen LogP contribution is -1.82. The summed E-state index contributed by atoms with van der Waals surface area (Å²) in [6.07, 6.45) is 4.33. The number of halogens is 2. The molecule has 0 heterocycles. The van der Waals surface area contributed by atoms with Crippen LogP contribution < -0.4 is 0 Å². The molecule has 0 fully saturated rings. The number of rotatable bonds is 3. The first kappa shape index (κ1) is 12.3. The van der Waals surface area contributed by atoms with Gasteiger partial charge in [0.2, 0.25) is 0 Å². The minimum Gasteiger partial charge on any atom is -0.206 e. The summed E-state index contributed by atoms with van der Waals surface area (Å²) >= 11 is 3.21. The Morgan fingerprint density at radius 3 is 2.80 bits per heavy atom. The van der Waals surface area contributed by atoms with Crippen molar-refractivity contribution in [3.8, 4) is 11.8 Å². The van der Waals surface area contributed by atoms with Crippen LogP contribution in [-0.4, -0.2) is 0 Å². The highest BCUT2D eigenvalue weighted by Gasteiger charge is 1.98. The summed E-state index contributed by atoms with van der Waals surface area (Å²) in [6, 6.07) is 4.95. The fourth-order valence-electron chi connectivity index (χ4n) is 1.21. The molecule has 0 unspecified atom stereocenters. The third-order valence-corrected chi connectivity index (χ3v) is 2.55. The second-order valence-corrected chi connectivity index (χ2v) is 4.30. The standard InChI is InChI=1S/C13H14BrF/c1-2-3-4-5-6-7-11-8-9-12(14)10-13(11)15/h8-10H,2-5H2,1H3. The lowest BCUT2D eigenvalue weighted by Gasteiger charge is -1.94. The molecule has 2 heteroatoms. The first-order chi connectivity index (χ1) is 7.24. The molecule has 0 radical (unpaired) electrons. The van der Waals surface area contributed by atoms with Crippen LogP contribution in [0.15, 0.2) is 22.7 Å². The van der Waals surface area contributed by atoms with Crippen LogP contribution in [0.2, 0.25) is 0 Å². The first-order valence-corrected chi connectivity index (χ1v) is 5.97. The maximum atomic E-state index is 13.3. The molecular formula is C13H14BrF. The normalized spacial score (nSPS) is 9.53. The van der Waals surface area contributed by atoms with Gasteiger partial charge in [0, 0.05) is 10.9 Å². The summed E-state index contributed by atoms with van der Waals surface area (Å²) in [5, 5.41) is 0. The lowest BCUT2D eigenvalue weighted by atomic mass is 10.2. The van der Waals surface area contributed by atoms with Crippen molar-refractivity contribution >= 4 is 15.9 Å². The van der Waals surface area contributed by atoms with Crippen molar-refractivity contribution in [2.24, 2.45) is 0 Å². The van der Waals surface area contributed by atoms with Crippen LogP contribution in [0.25, 0.3) is 0 Å². The molecule has 0 bridgehead atoms. The third-order valence-electron chi connectivity index (χ3n) is 2.06. The van der Waals surface area contributed by atoms with Crippen molar-refractivity contribution in [3.05, 3.63) is 34.1 Å². The van der Waals surface area contributed by atoms with Crippen LogP contribution in [-0.2, 0) is 0 Å².